The highest BCUT2D eigenvalue weighted by atomic mass is 16.5. The lowest BCUT2D eigenvalue weighted by molar-refractivity contribution is -0.126. The van der Waals surface area contributed by atoms with Crippen LogP contribution in [0.4, 0.5) is 0 Å². The molecule has 0 spiro atoms. The number of benzene rings is 1. The van der Waals surface area contributed by atoms with E-state index in [9.17, 15) is 4.79 Å². The van der Waals surface area contributed by atoms with E-state index in [-0.39, 0.29) is 5.91 Å². The molecule has 1 aromatic rings. The fraction of sp³-hybridized carbons (Fsp3) is 0.526. The van der Waals surface area contributed by atoms with Gasteiger partial charge in [0.05, 0.1) is 14.2 Å². The van der Waals surface area contributed by atoms with Crippen LogP contribution in [0.2, 0.25) is 0 Å². The molecule has 0 bridgehead atoms. The van der Waals surface area contributed by atoms with Gasteiger partial charge in [-0.1, -0.05) is 26.7 Å². The number of nitrogens with zero attached hydrogens (tertiary/aromatic N) is 1. The number of carbonyl (C=O) groups excluding carboxylic acids is 1. The van der Waals surface area contributed by atoms with Gasteiger partial charge in [-0.15, -0.1) is 0 Å². The van der Waals surface area contributed by atoms with Crippen molar-refractivity contribution in [3.05, 3.63) is 29.8 Å². The average molecular weight is 319 g/mol. The first-order valence-electron chi connectivity index (χ1n) is 8.35. The summed E-state index contributed by atoms with van der Waals surface area (Å²) in [6.07, 6.45) is 7.67. The highest BCUT2D eigenvalue weighted by molar-refractivity contribution is 5.92. The summed E-state index contributed by atoms with van der Waals surface area (Å²) in [5.74, 6) is 1.52. The molecule has 4 nitrogen and oxygen atoms in total. The highest BCUT2D eigenvalue weighted by Crippen LogP contribution is 2.25. The molecular formula is C19H29NO3. The van der Waals surface area contributed by atoms with Crippen molar-refractivity contribution in [3.63, 3.8) is 0 Å². The molecule has 0 unspecified atom stereocenters. The number of rotatable bonds is 10. The Morgan fingerprint density at radius 2 is 1.74 bits per heavy atom. The van der Waals surface area contributed by atoms with E-state index in [0.29, 0.717) is 0 Å². The second-order valence-corrected chi connectivity index (χ2v) is 5.47. The fourth-order valence-electron chi connectivity index (χ4n) is 2.27. The Labute approximate surface area is 140 Å². The quantitative estimate of drug-likeness (QED) is 0.608. The first kappa shape index (κ1) is 19.1. The summed E-state index contributed by atoms with van der Waals surface area (Å²) in [6, 6.07) is 5.55. The standard InChI is InChI=1S/C19H29NO3/c1-5-7-13-20(14-8-6-2)19(21)12-9-16-15-17(22-3)10-11-18(16)23-4/h9-12,15H,5-8,13-14H2,1-4H3/b12-9+. The van der Waals surface area contributed by atoms with Crippen LogP contribution < -0.4 is 9.47 Å². The van der Waals surface area contributed by atoms with E-state index in [1.54, 1.807) is 26.4 Å². The van der Waals surface area contributed by atoms with Crippen LogP contribution in [0, 0.1) is 0 Å². The maximum Gasteiger partial charge on any atom is 0.246 e. The lowest BCUT2D eigenvalue weighted by atomic mass is 10.1. The molecule has 0 atom stereocenters. The number of hydrogen-bond donors (Lipinski definition) is 0. The summed E-state index contributed by atoms with van der Waals surface area (Å²) in [7, 11) is 3.24. The Balaban J connectivity index is 2.85. The summed E-state index contributed by atoms with van der Waals surface area (Å²) in [5, 5.41) is 0. The van der Waals surface area contributed by atoms with Crippen LogP contribution in [0.15, 0.2) is 24.3 Å². The van der Waals surface area contributed by atoms with Gasteiger partial charge in [-0.2, -0.15) is 0 Å². The van der Waals surface area contributed by atoms with Crippen molar-refractivity contribution in [1.29, 1.82) is 0 Å². The third-order valence-corrected chi connectivity index (χ3v) is 3.72. The maximum absolute atomic E-state index is 12.4. The molecule has 0 aliphatic heterocycles. The van der Waals surface area contributed by atoms with Gasteiger partial charge in [0.15, 0.2) is 0 Å². The number of amides is 1. The number of methoxy groups -OCH3 is 2. The van der Waals surface area contributed by atoms with Gasteiger partial charge in [0, 0.05) is 24.7 Å². The van der Waals surface area contributed by atoms with E-state index >= 15 is 0 Å². The van der Waals surface area contributed by atoms with Gasteiger partial charge in [0.25, 0.3) is 0 Å². The van der Waals surface area contributed by atoms with Gasteiger partial charge in [-0.05, 0) is 37.1 Å². The normalized spacial score (nSPS) is 10.8. The lowest BCUT2D eigenvalue weighted by Crippen LogP contribution is -2.31. The zero-order valence-electron chi connectivity index (χ0n) is 14.8. The number of hydrogen-bond acceptors (Lipinski definition) is 3. The summed E-state index contributed by atoms with van der Waals surface area (Å²) in [5.41, 5.74) is 0.839. The molecule has 0 aliphatic carbocycles. The van der Waals surface area contributed by atoms with Crippen molar-refractivity contribution in [2.45, 2.75) is 39.5 Å². The summed E-state index contributed by atoms with van der Waals surface area (Å²) < 4.78 is 10.6. The van der Waals surface area contributed by atoms with Crippen molar-refractivity contribution in [3.8, 4) is 11.5 Å². The molecule has 4 heteroatoms. The molecule has 128 valence electrons. The van der Waals surface area contributed by atoms with E-state index in [4.69, 9.17) is 9.47 Å². The van der Waals surface area contributed by atoms with Crippen LogP contribution in [0.5, 0.6) is 11.5 Å². The Hall–Kier alpha value is -1.97. The third-order valence-electron chi connectivity index (χ3n) is 3.72. The van der Waals surface area contributed by atoms with Crippen LogP contribution in [0.1, 0.15) is 45.1 Å². The molecule has 0 saturated heterocycles. The van der Waals surface area contributed by atoms with Gasteiger partial charge < -0.3 is 14.4 Å². The van der Waals surface area contributed by atoms with Crippen LogP contribution in [0.25, 0.3) is 6.08 Å². The van der Waals surface area contributed by atoms with Crippen molar-refractivity contribution in [2.24, 2.45) is 0 Å². The monoisotopic (exact) mass is 319 g/mol. The molecule has 0 aliphatic rings. The Kier molecular flexibility index (Phi) is 8.88. The average Bonchev–Trinajstić information content (AvgIpc) is 2.59. The van der Waals surface area contributed by atoms with E-state index in [1.807, 2.05) is 23.1 Å². The number of carbonyl (C=O) groups is 1. The Morgan fingerprint density at radius 3 is 2.26 bits per heavy atom. The first-order valence-corrected chi connectivity index (χ1v) is 8.35. The van der Waals surface area contributed by atoms with Crippen LogP contribution in [-0.4, -0.2) is 38.1 Å². The minimum Gasteiger partial charge on any atom is -0.497 e. The molecule has 23 heavy (non-hydrogen) atoms. The summed E-state index contributed by atoms with van der Waals surface area (Å²) in [6.45, 7) is 5.91. The van der Waals surface area contributed by atoms with Crippen LogP contribution >= 0.6 is 0 Å². The van der Waals surface area contributed by atoms with Crippen molar-refractivity contribution in [1.82, 2.24) is 4.90 Å². The smallest absolute Gasteiger partial charge is 0.246 e. The summed E-state index contributed by atoms with van der Waals surface area (Å²) in [4.78, 5) is 14.4. The lowest BCUT2D eigenvalue weighted by Gasteiger charge is -2.20. The minimum absolute atomic E-state index is 0.0526. The topological polar surface area (TPSA) is 38.8 Å². The van der Waals surface area contributed by atoms with E-state index in [1.165, 1.54) is 0 Å². The molecule has 0 N–H and O–H groups in total. The predicted molar refractivity (Wildman–Crippen MR) is 95.0 cm³/mol. The van der Waals surface area contributed by atoms with Crippen molar-refractivity contribution >= 4 is 12.0 Å². The molecule has 0 saturated carbocycles. The molecular weight excluding hydrogens is 290 g/mol. The second-order valence-electron chi connectivity index (χ2n) is 5.47. The molecule has 1 amide bonds. The summed E-state index contributed by atoms with van der Waals surface area (Å²) >= 11 is 0. The molecule has 1 rings (SSSR count). The first-order chi connectivity index (χ1) is 11.2. The van der Waals surface area contributed by atoms with E-state index in [2.05, 4.69) is 13.8 Å². The molecule has 0 heterocycles. The van der Waals surface area contributed by atoms with Gasteiger partial charge in [-0.25, -0.2) is 0 Å². The number of unbranched alkanes of at least 4 members (excludes halogenated alkanes) is 2. The largest absolute Gasteiger partial charge is 0.497 e. The Bertz CT molecular complexity index is 503. The van der Waals surface area contributed by atoms with Crippen molar-refractivity contribution in [2.75, 3.05) is 27.3 Å². The molecule has 1 aromatic carbocycles. The van der Waals surface area contributed by atoms with Crippen LogP contribution in [-0.2, 0) is 4.79 Å². The fourth-order valence-corrected chi connectivity index (χ4v) is 2.27. The van der Waals surface area contributed by atoms with Crippen molar-refractivity contribution < 1.29 is 14.3 Å². The van der Waals surface area contributed by atoms with Gasteiger partial charge in [0.2, 0.25) is 5.91 Å². The van der Waals surface area contributed by atoms with Crippen LogP contribution in [0.3, 0.4) is 0 Å². The van der Waals surface area contributed by atoms with Gasteiger partial charge in [0.1, 0.15) is 11.5 Å². The second kappa shape index (κ2) is 10.7. The zero-order chi connectivity index (χ0) is 17.1. The molecule has 0 aromatic heterocycles. The zero-order valence-corrected chi connectivity index (χ0v) is 14.8. The van der Waals surface area contributed by atoms with E-state index < -0.39 is 0 Å². The Morgan fingerprint density at radius 1 is 1.09 bits per heavy atom. The highest BCUT2D eigenvalue weighted by Gasteiger charge is 2.10. The molecule has 0 fully saturated rings. The molecule has 0 radical (unpaired) electrons. The van der Waals surface area contributed by atoms with Gasteiger partial charge in [-0.3, -0.25) is 4.79 Å². The van der Waals surface area contributed by atoms with Gasteiger partial charge >= 0.3 is 0 Å². The maximum atomic E-state index is 12.4. The van der Waals surface area contributed by atoms with E-state index in [0.717, 1.165) is 55.8 Å². The minimum atomic E-state index is 0.0526. The number of ether oxygens (including phenoxy) is 2. The third kappa shape index (κ3) is 6.35. The predicted octanol–water partition coefficient (Wildman–Crippen LogP) is 4.15. The SMILES string of the molecule is CCCCN(CCCC)C(=O)/C=C/c1cc(OC)ccc1OC.